The lowest BCUT2D eigenvalue weighted by atomic mass is 10.0. The smallest absolute Gasteiger partial charge is 0.163 e. The van der Waals surface area contributed by atoms with Crippen molar-refractivity contribution in [1.29, 1.82) is 0 Å². The van der Waals surface area contributed by atoms with Gasteiger partial charge >= 0.3 is 0 Å². The molecule has 78 valence electrons. The summed E-state index contributed by atoms with van der Waals surface area (Å²) < 4.78 is 0. The minimum absolute atomic E-state index is 0.0487. The number of carbonyl (C=O) groups excluding carboxylic acids is 3. The topological polar surface area (TPSA) is 51.2 Å². The standard InChI is InChI=1S/C11H9BrO3/c12-4-3-11(15)8-1-2-9(6-13)10(5-8)7-14/h1-2,5-7H,3-4H2. The Balaban J connectivity index is 3.07. The van der Waals surface area contributed by atoms with E-state index in [1.54, 1.807) is 6.07 Å². The SMILES string of the molecule is O=Cc1ccc(C(=O)CCBr)cc1C=O. The maximum Gasteiger partial charge on any atom is 0.163 e. The van der Waals surface area contributed by atoms with Gasteiger partial charge in [0.25, 0.3) is 0 Å². The van der Waals surface area contributed by atoms with E-state index in [0.29, 0.717) is 35.5 Å². The molecule has 0 aliphatic carbocycles. The molecule has 0 spiro atoms. The molecule has 0 N–H and O–H groups in total. The van der Waals surface area contributed by atoms with Gasteiger partial charge in [-0.1, -0.05) is 28.1 Å². The monoisotopic (exact) mass is 268 g/mol. The third-order valence-corrected chi connectivity index (χ3v) is 2.38. The second kappa shape index (κ2) is 5.56. The van der Waals surface area contributed by atoms with Crippen molar-refractivity contribution in [3.05, 3.63) is 34.9 Å². The van der Waals surface area contributed by atoms with Crippen molar-refractivity contribution in [3.8, 4) is 0 Å². The number of ketones is 1. The number of alkyl halides is 1. The van der Waals surface area contributed by atoms with Crippen molar-refractivity contribution in [2.75, 3.05) is 5.33 Å². The molecule has 0 aromatic heterocycles. The van der Waals surface area contributed by atoms with Crippen LogP contribution in [0.4, 0.5) is 0 Å². The maximum atomic E-state index is 11.5. The van der Waals surface area contributed by atoms with Crippen LogP contribution in [-0.4, -0.2) is 23.7 Å². The fourth-order valence-electron chi connectivity index (χ4n) is 1.19. The Bertz CT molecular complexity index is 399. The summed E-state index contributed by atoms with van der Waals surface area (Å²) in [4.78, 5) is 32.7. The number of hydrogen-bond acceptors (Lipinski definition) is 3. The third-order valence-electron chi connectivity index (χ3n) is 1.98. The van der Waals surface area contributed by atoms with Crippen molar-refractivity contribution in [3.63, 3.8) is 0 Å². The van der Waals surface area contributed by atoms with Gasteiger partial charge in [0.2, 0.25) is 0 Å². The first kappa shape index (κ1) is 11.8. The Kier molecular flexibility index (Phi) is 4.37. The second-order valence-electron chi connectivity index (χ2n) is 2.94. The van der Waals surface area contributed by atoms with Gasteiger partial charge in [-0.15, -0.1) is 0 Å². The molecule has 0 heterocycles. The van der Waals surface area contributed by atoms with Gasteiger partial charge in [0, 0.05) is 28.4 Å². The number of carbonyl (C=O) groups is 3. The van der Waals surface area contributed by atoms with Crippen LogP contribution >= 0.6 is 15.9 Å². The largest absolute Gasteiger partial charge is 0.298 e. The van der Waals surface area contributed by atoms with Crippen LogP contribution in [0.5, 0.6) is 0 Å². The van der Waals surface area contributed by atoms with E-state index >= 15 is 0 Å². The van der Waals surface area contributed by atoms with Gasteiger partial charge in [-0.05, 0) is 6.07 Å². The van der Waals surface area contributed by atoms with Gasteiger partial charge in [-0.25, -0.2) is 0 Å². The van der Waals surface area contributed by atoms with Crippen LogP contribution in [0.3, 0.4) is 0 Å². The molecule has 0 unspecified atom stereocenters. The van der Waals surface area contributed by atoms with E-state index in [9.17, 15) is 14.4 Å². The fourth-order valence-corrected chi connectivity index (χ4v) is 1.55. The lowest BCUT2D eigenvalue weighted by Gasteiger charge is -2.01. The van der Waals surface area contributed by atoms with Crippen LogP contribution in [0.2, 0.25) is 0 Å². The summed E-state index contributed by atoms with van der Waals surface area (Å²) in [5.74, 6) is -0.0487. The number of hydrogen-bond donors (Lipinski definition) is 0. The van der Waals surface area contributed by atoms with E-state index in [1.165, 1.54) is 12.1 Å². The molecule has 4 heteroatoms. The first-order chi connectivity index (χ1) is 7.22. The maximum absolute atomic E-state index is 11.5. The summed E-state index contributed by atoms with van der Waals surface area (Å²) in [5.41, 5.74) is 1.02. The van der Waals surface area contributed by atoms with Gasteiger partial charge in [-0.3, -0.25) is 14.4 Å². The molecule has 0 radical (unpaired) electrons. The van der Waals surface area contributed by atoms with E-state index in [0.717, 1.165) is 0 Å². The van der Waals surface area contributed by atoms with Crippen LogP contribution in [-0.2, 0) is 0 Å². The molecule has 3 nitrogen and oxygen atoms in total. The number of halogens is 1. The average Bonchev–Trinajstić information content (AvgIpc) is 2.28. The lowest BCUT2D eigenvalue weighted by Crippen LogP contribution is -2.02. The van der Waals surface area contributed by atoms with Crippen LogP contribution in [0.1, 0.15) is 37.5 Å². The Morgan fingerprint density at radius 2 is 1.87 bits per heavy atom. The highest BCUT2D eigenvalue weighted by atomic mass is 79.9. The summed E-state index contributed by atoms with van der Waals surface area (Å²) in [5, 5.41) is 0.581. The summed E-state index contributed by atoms with van der Waals surface area (Å²) >= 11 is 3.16. The molecular formula is C11H9BrO3. The van der Waals surface area contributed by atoms with Gasteiger partial charge in [0.05, 0.1) is 0 Å². The van der Waals surface area contributed by atoms with Crippen molar-refractivity contribution in [2.45, 2.75) is 6.42 Å². The van der Waals surface area contributed by atoms with E-state index in [-0.39, 0.29) is 11.3 Å². The fraction of sp³-hybridized carbons (Fsp3) is 0.182. The molecule has 0 amide bonds. The zero-order valence-corrected chi connectivity index (χ0v) is 9.49. The lowest BCUT2D eigenvalue weighted by molar-refractivity contribution is 0.0989. The average molecular weight is 269 g/mol. The molecular weight excluding hydrogens is 260 g/mol. The molecule has 15 heavy (non-hydrogen) atoms. The van der Waals surface area contributed by atoms with E-state index < -0.39 is 0 Å². The van der Waals surface area contributed by atoms with Crippen molar-refractivity contribution in [1.82, 2.24) is 0 Å². The Morgan fingerprint density at radius 1 is 1.20 bits per heavy atom. The summed E-state index contributed by atoms with van der Waals surface area (Å²) in [6, 6.07) is 4.49. The van der Waals surface area contributed by atoms with Crippen molar-refractivity contribution < 1.29 is 14.4 Å². The first-order valence-electron chi connectivity index (χ1n) is 4.36. The molecule has 0 aliphatic heterocycles. The van der Waals surface area contributed by atoms with E-state index in [4.69, 9.17) is 0 Å². The number of aldehydes is 2. The quantitative estimate of drug-likeness (QED) is 0.468. The molecule has 0 saturated heterocycles. The van der Waals surface area contributed by atoms with Gasteiger partial charge in [-0.2, -0.15) is 0 Å². The Hall–Kier alpha value is -1.29. The van der Waals surface area contributed by atoms with Crippen LogP contribution < -0.4 is 0 Å². The van der Waals surface area contributed by atoms with Gasteiger partial charge in [0.1, 0.15) is 0 Å². The summed E-state index contributed by atoms with van der Waals surface area (Å²) in [7, 11) is 0. The predicted octanol–water partition coefficient (Wildman–Crippen LogP) is 2.28. The molecule has 0 saturated carbocycles. The minimum atomic E-state index is -0.0487. The first-order valence-corrected chi connectivity index (χ1v) is 5.48. The highest BCUT2D eigenvalue weighted by Crippen LogP contribution is 2.11. The number of Topliss-reactive ketones (excluding diaryl/α,β-unsaturated/α-hetero) is 1. The Labute approximate surface area is 95.6 Å². The van der Waals surface area contributed by atoms with Crippen LogP contribution in [0.25, 0.3) is 0 Å². The number of rotatable bonds is 5. The highest BCUT2D eigenvalue weighted by Gasteiger charge is 2.08. The third kappa shape index (κ3) is 2.83. The molecule has 0 fully saturated rings. The normalized spacial score (nSPS) is 9.67. The van der Waals surface area contributed by atoms with Gasteiger partial charge in [0.15, 0.2) is 18.4 Å². The molecule has 0 atom stereocenters. The zero-order valence-electron chi connectivity index (χ0n) is 7.90. The Morgan fingerprint density at radius 3 is 2.40 bits per heavy atom. The molecule has 1 aromatic rings. The zero-order chi connectivity index (χ0) is 11.3. The molecule has 0 aliphatic rings. The second-order valence-corrected chi connectivity index (χ2v) is 3.73. The minimum Gasteiger partial charge on any atom is -0.298 e. The molecule has 1 aromatic carbocycles. The number of benzene rings is 1. The van der Waals surface area contributed by atoms with E-state index in [2.05, 4.69) is 15.9 Å². The van der Waals surface area contributed by atoms with Crippen molar-refractivity contribution >= 4 is 34.3 Å². The summed E-state index contributed by atoms with van der Waals surface area (Å²) in [6.45, 7) is 0. The summed E-state index contributed by atoms with van der Waals surface area (Å²) in [6.07, 6.45) is 1.55. The van der Waals surface area contributed by atoms with Crippen LogP contribution in [0, 0.1) is 0 Å². The van der Waals surface area contributed by atoms with E-state index in [1.807, 2.05) is 0 Å². The predicted molar refractivity (Wildman–Crippen MR) is 60.0 cm³/mol. The van der Waals surface area contributed by atoms with Crippen molar-refractivity contribution in [2.24, 2.45) is 0 Å². The molecule has 0 bridgehead atoms. The van der Waals surface area contributed by atoms with Crippen LogP contribution in [0.15, 0.2) is 18.2 Å². The highest BCUT2D eigenvalue weighted by molar-refractivity contribution is 9.09. The molecule has 1 rings (SSSR count). The van der Waals surface area contributed by atoms with Gasteiger partial charge < -0.3 is 0 Å².